The van der Waals surface area contributed by atoms with Crippen LogP contribution in [0.25, 0.3) is 0 Å². The van der Waals surface area contributed by atoms with Crippen LogP contribution in [0.2, 0.25) is 0 Å². The smallest absolute Gasteiger partial charge is 0.343 e. The van der Waals surface area contributed by atoms with E-state index in [-0.39, 0.29) is 40.9 Å². The molecule has 1 amide bonds. The van der Waals surface area contributed by atoms with Crippen LogP contribution in [0.15, 0.2) is 29.2 Å². The van der Waals surface area contributed by atoms with E-state index in [9.17, 15) is 26.4 Å². The predicted molar refractivity (Wildman–Crippen MR) is 97.2 cm³/mol. The third-order valence-corrected chi connectivity index (χ3v) is 6.34. The molecule has 1 aromatic rings. The first-order valence-corrected chi connectivity index (χ1v) is 9.48. The summed E-state index contributed by atoms with van der Waals surface area (Å²) in [5.41, 5.74) is 5.60. The Hall–Kier alpha value is -1.36. The number of carbonyl (C=O) groups is 1. The monoisotopic (exact) mass is 429 g/mol. The van der Waals surface area contributed by atoms with Gasteiger partial charge in [-0.1, -0.05) is 13.8 Å². The Morgan fingerprint density at radius 2 is 1.85 bits per heavy atom. The third kappa shape index (κ3) is 5.81. The summed E-state index contributed by atoms with van der Waals surface area (Å²) in [6, 6.07) is 4.73. The molecule has 0 aromatic heterocycles. The van der Waals surface area contributed by atoms with Gasteiger partial charge in [0.15, 0.2) is 0 Å². The summed E-state index contributed by atoms with van der Waals surface area (Å²) < 4.78 is 63.3. The van der Waals surface area contributed by atoms with E-state index >= 15 is 0 Å². The molecule has 0 bridgehead atoms. The van der Waals surface area contributed by atoms with Crippen molar-refractivity contribution in [1.82, 2.24) is 9.62 Å². The van der Waals surface area contributed by atoms with Gasteiger partial charge in [-0.3, -0.25) is 4.79 Å². The molecule has 27 heavy (non-hydrogen) atoms. The lowest BCUT2D eigenvalue weighted by Crippen LogP contribution is -2.53. The van der Waals surface area contributed by atoms with E-state index in [2.05, 4.69) is 0 Å². The molecule has 3 N–H and O–H groups in total. The minimum atomic E-state index is -4.51. The average molecular weight is 430 g/mol. The summed E-state index contributed by atoms with van der Waals surface area (Å²) in [5, 5.41) is 1.74. The maximum Gasteiger partial charge on any atom is 0.405 e. The van der Waals surface area contributed by atoms with E-state index in [0.29, 0.717) is 13.0 Å². The highest BCUT2D eigenvalue weighted by molar-refractivity contribution is 7.89. The number of rotatable bonds is 4. The highest BCUT2D eigenvalue weighted by Gasteiger charge is 2.38. The zero-order valence-electron chi connectivity index (χ0n) is 14.9. The molecule has 1 unspecified atom stereocenters. The number of carbonyl (C=O) groups excluding carboxylic acids is 1. The first kappa shape index (κ1) is 23.7. The Bertz CT molecular complexity index is 767. The minimum Gasteiger partial charge on any atom is -0.343 e. The summed E-state index contributed by atoms with van der Waals surface area (Å²) in [6.45, 7) is 2.90. The SMILES string of the molecule is CC1(C)CN(S(=O)(=O)c2ccc(C(=O)NCC(F)(F)F)cc2)CCC1N.Cl. The number of nitrogens with two attached hydrogens (primary N) is 1. The van der Waals surface area contributed by atoms with Gasteiger partial charge in [-0.25, -0.2) is 8.42 Å². The lowest BCUT2D eigenvalue weighted by molar-refractivity contribution is -0.123. The number of hydrogen-bond donors (Lipinski definition) is 2. The molecule has 0 aliphatic carbocycles. The molecule has 1 atom stereocenters. The van der Waals surface area contributed by atoms with Gasteiger partial charge in [0, 0.05) is 24.7 Å². The molecule has 1 heterocycles. The second-order valence-corrected chi connectivity index (χ2v) is 8.98. The van der Waals surface area contributed by atoms with Crippen molar-refractivity contribution < 1.29 is 26.4 Å². The summed E-state index contributed by atoms with van der Waals surface area (Å²) in [7, 11) is -3.77. The standard InChI is InChI=1S/C16H22F3N3O3S.ClH/c1-15(2)10-22(8-7-13(15)20)26(24,25)12-5-3-11(4-6-12)14(23)21-9-16(17,18)19;/h3-6,13H,7-10,20H2,1-2H3,(H,21,23);1H. The van der Waals surface area contributed by atoms with Gasteiger partial charge in [0.05, 0.1) is 4.90 Å². The third-order valence-electron chi connectivity index (χ3n) is 4.48. The Morgan fingerprint density at radius 1 is 1.30 bits per heavy atom. The molecule has 154 valence electrons. The quantitative estimate of drug-likeness (QED) is 0.767. The molecular weight excluding hydrogens is 407 g/mol. The van der Waals surface area contributed by atoms with Crippen LogP contribution in [0.1, 0.15) is 30.6 Å². The largest absolute Gasteiger partial charge is 0.405 e. The van der Waals surface area contributed by atoms with E-state index in [1.165, 1.54) is 28.6 Å². The average Bonchev–Trinajstić information content (AvgIpc) is 2.54. The fourth-order valence-electron chi connectivity index (χ4n) is 2.74. The Balaban J connectivity index is 0.00000364. The van der Waals surface area contributed by atoms with E-state index < -0.39 is 28.7 Å². The number of amides is 1. The molecule has 0 saturated carbocycles. The Morgan fingerprint density at radius 3 is 2.33 bits per heavy atom. The van der Waals surface area contributed by atoms with Gasteiger partial charge in [0.25, 0.3) is 5.91 Å². The van der Waals surface area contributed by atoms with Gasteiger partial charge in [0.2, 0.25) is 10.0 Å². The number of hydrogen-bond acceptors (Lipinski definition) is 4. The summed E-state index contributed by atoms with van der Waals surface area (Å²) >= 11 is 0. The maximum absolute atomic E-state index is 12.8. The Labute approximate surface area is 162 Å². The van der Waals surface area contributed by atoms with Crippen molar-refractivity contribution in [2.75, 3.05) is 19.6 Å². The number of alkyl halides is 3. The number of halogens is 4. The van der Waals surface area contributed by atoms with E-state index in [1.807, 2.05) is 13.8 Å². The van der Waals surface area contributed by atoms with Crippen LogP contribution < -0.4 is 11.1 Å². The van der Waals surface area contributed by atoms with Gasteiger partial charge in [-0.15, -0.1) is 12.4 Å². The van der Waals surface area contributed by atoms with Gasteiger partial charge < -0.3 is 11.1 Å². The number of piperidine rings is 1. The first-order valence-electron chi connectivity index (χ1n) is 8.04. The lowest BCUT2D eigenvalue weighted by Gasteiger charge is -2.41. The van der Waals surface area contributed by atoms with Crippen molar-refractivity contribution in [3.05, 3.63) is 29.8 Å². The molecule has 11 heteroatoms. The number of nitrogens with one attached hydrogen (secondary N) is 1. The zero-order valence-corrected chi connectivity index (χ0v) is 16.5. The minimum absolute atomic E-state index is 0. The van der Waals surface area contributed by atoms with Crippen LogP contribution in [0.3, 0.4) is 0 Å². The van der Waals surface area contributed by atoms with Crippen molar-refractivity contribution in [3.8, 4) is 0 Å². The topological polar surface area (TPSA) is 92.5 Å². The summed E-state index contributed by atoms with van der Waals surface area (Å²) in [5.74, 6) is -0.920. The number of sulfonamides is 1. The van der Waals surface area contributed by atoms with Gasteiger partial charge in [0.1, 0.15) is 6.54 Å². The second-order valence-electron chi connectivity index (χ2n) is 7.04. The van der Waals surface area contributed by atoms with Gasteiger partial charge >= 0.3 is 6.18 Å². The van der Waals surface area contributed by atoms with Crippen LogP contribution >= 0.6 is 12.4 Å². The highest BCUT2D eigenvalue weighted by Crippen LogP contribution is 2.31. The van der Waals surface area contributed by atoms with Crippen LogP contribution in [0, 0.1) is 5.41 Å². The first-order chi connectivity index (χ1) is 11.8. The molecule has 0 radical (unpaired) electrons. The molecule has 6 nitrogen and oxygen atoms in total. The van der Waals surface area contributed by atoms with Crippen LogP contribution in [-0.4, -0.2) is 50.5 Å². The van der Waals surface area contributed by atoms with Crippen molar-refractivity contribution in [3.63, 3.8) is 0 Å². The Kier molecular flexibility index (Phi) is 7.31. The zero-order chi connectivity index (χ0) is 19.8. The lowest BCUT2D eigenvalue weighted by atomic mass is 9.81. The molecule has 1 saturated heterocycles. The fraction of sp³-hybridized carbons (Fsp3) is 0.562. The van der Waals surface area contributed by atoms with Crippen molar-refractivity contribution in [2.45, 2.75) is 37.4 Å². The van der Waals surface area contributed by atoms with Crippen LogP contribution in [0.5, 0.6) is 0 Å². The molecule has 1 aromatic carbocycles. The molecule has 2 rings (SSSR count). The molecule has 1 aliphatic rings. The summed E-state index contributed by atoms with van der Waals surface area (Å²) in [6.07, 6.45) is -3.98. The normalized spacial score (nSPS) is 20.6. The van der Waals surface area contributed by atoms with E-state index in [4.69, 9.17) is 5.73 Å². The highest BCUT2D eigenvalue weighted by atomic mass is 35.5. The fourth-order valence-corrected chi connectivity index (χ4v) is 4.37. The van der Waals surface area contributed by atoms with Gasteiger partial charge in [-0.05, 0) is 36.1 Å². The molecule has 0 spiro atoms. The molecule has 1 aliphatic heterocycles. The van der Waals surface area contributed by atoms with Gasteiger partial charge in [-0.2, -0.15) is 17.5 Å². The molecule has 1 fully saturated rings. The van der Waals surface area contributed by atoms with Crippen molar-refractivity contribution >= 4 is 28.3 Å². The number of benzene rings is 1. The van der Waals surface area contributed by atoms with Crippen LogP contribution in [-0.2, 0) is 10.0 Å². The van der Waals surface area contributed by atoms with Crippen LogP contribution in [0.4, 0.5) is 13.2 Å². The van der Waals surface area contributed by atoms with E-state index in [0.717, 1.165) is 0 Å². The predicted octanol–water partition coefficient (Wildman–Crippen LogP) is 2.15. The van der Waals surface area contributed by atoms with E-state index in [1.54, 1.807) is 5.32 Å². The van der Waals surface area contributed by atoms with Crippen molar-refractivity contribution in [1.29, 1.82) is 0 Å². The summed E-state index contributed by atoms with van der Waals surface area (Å²) in [4.78, 5) is 11.7. The van der Waals surface area contributed by atoms with Crippen molar-refractivity contribution in [2.24, 2.45) is 11.1 Å². The second kappa shape index (κ2) is 8.34. The molecular formula is C16H23ClF3N3O3S. The maximum atomic E-state index is 12.8. The number of nitrogens with zero attached hydrogens (tertiary/aromatic N) is 1.